The Morgan fingerprint density at radius 2 is 1.80 bits per heavy atom. The van der Waals surface area contributed by atoms with Gasteiger partial charge in [-0.1, -0.05) is 0 Å². The minimum Gasteiger partial charge on any atom is -0.481 e. The maximum Gasteiger partial charge on any atom is 0.318 e. The SMILES string of the molecule is O=C(O)C(CC1=NCCN1CCP(=O)=O)C(=O)O.[Na].[Na]. The Hall–Kier alpha value is 0.310. The van der Waals surface area contributed by atoms with Gasteiger partial charge in [-0.05, 0) is 0 Å². The molecule has 1 aliphatic heterocycles. The molecule has 0 aromatic heterocycles. The first kappa shape index (κ1) is 22.6. The van der Waals surface area contributed by atoms with Crippen LogP contribution in [0.5, 0.6) is 0 Å². The smallest absolute Gasteiger partial charge is 0.318 e. The van der Waals surface area contributed by atoms with Gasteiger partial charge in [0.25, 0.3) is 0 Å². The predicted octanol–water partition coefficient (Wildman–Crippen LogP) is -0.713. The molecule has 20 heavy (non-hydrogen) atoms. The van der Waals surface area contributed by atoms with Crippen LogP contribution in [0, 0.1) is 5.92 Å². The standard InChI is InChI=1S/C9H13N2O6P.2Na/c12-8(13)6(9(14)15)5-7-10-1-2-11(7)3-4-18(16)17;;/h6H,1-5H2,(H,12,13)(H,14,15);;. The largest absolute Gasteiger partial charge is 0.481 e. The average molecular weight is 322 g/mol. The van der Waals surface area contributed by atoms with Gasteiger partial charge in [-0.2, -0.15) is 0 Å². The van der Waals surface area contributed by atoms with Crippen molar-refractivity contribution in [3.63, 3.8) is 0 Å². The van der Waals surface area contributed by atoms with E-state index >= 15 is 0 Å². The second-order valence-electron chi connectivity index (χ2n) is 3.77. The molecule has 0 amide bonds. The minimum absolute atomic E-state index is 0. The Bertz CT molecular complexity index is 432. The van der Waals surface area contributed by atoms with Gasteiger partial charge in [0.15, 0.2) is 5.92 Å². The van der Waals surface area contributed by atoms with E-state index in [2.05, 4.69) is 4.99 Å². The molecule has 11 heteroatoms. The molecule has 0 saturated carbocycles. The van der Waals surface area contributed by atoms with E-state index in [4.69, 9.17) is 10.2 Å². The summed E-state index contributed by atoms with van der Waals surface area (Å²) in [4.78, 5) is 27.1. The fourth-order valence-corrected chi connectivity index (χ4v) is 2.03. The van der Waals surface area contributed by atoms with E-state index in [-0.39, 0.29) is 78.2 Å². The quantitative estimate of drug-likeness (QED) is 0.360. The minimum atomic E-state index is -2.51. The van der Waals surface area contributed by atoms with Gasteiger partial charge in [-0.15, -0.1) is 0 Å². The molecule has 8 nitrogen and oxygen atoms in total. The van der Waals surface area contributed by atoms with Crippen molar-refractivity contribution in [2.45, 2.75) is 6.42 Å². The molecule has 2 N–H and O–H groups in total. The summed E-state index contributed by atoms with van der Waals surface area (Å²) in [5.41, 5.74) is 0. The van der Waals surface area contributed by atoms with Crippen molar-refractivity contribution < 1.29 is 28.9 Å². The Balaban J connectivity index is 0. The maximum absolute atomic E-state index is 10.8. The summed E-state index contributed by atoms with van der Waals surface area (Å²) in [6.45, 7) is 1.13. The number of aliphatic carboxylic acids is 2. The summed E-state index contributed by atoms with van der Waals surface area (Å²) < 4.78 is 21.0. The van der Waals surface area contributed by atoms with Gasteiger partial charge in [0, 0.05) is 78.6 Å². The molecule has 1 rings (SSSR count). The molecule has 0 aliphatic carbocycles. The zero-order valence-electron chi connectivity index (χ0n) is 11.5. The fourth-order valence-electron chi connectivity index (χ4n) is 1.63. The van der Waals surface area contributed by atoms with E-state index < -0.39 is 25.5 Å². The Morgan fingerprint density at radius 3 is 2.25 bits per heavy atom. The van der Waals surface area contributed by atoms with Crippen molar-refractivity contribution in [3.8, 4) is 0 Å². The monoisotopic (exact) mass is 322 g/mol. The number of carboxylic acid groups (broad SMARTS) is 2. The normalized spacial score (nSPS) is 13.2. The second kappa shape index (κ2) is 11.0. The van der Waals surface area contributed by atoms with E-state index in [1.54, 1.807) is 4.90 Å². The van der Waals surface area contributed by atoms with Crippen molar-refractivity contribution in [1.82, 2.24) is 4.90 Å². The van der Waals surface area contributed by atoms with Crippen LogP contribution in [0.1, 0.15) is 6.42 Å². The first-order valence-corrected chi connectivity index (χ1v) is 6.63. The topological polar surface area (TPSA) is 124 Å². The Kier molecular flexibility index (Phi) is 12.4. The van der Waals surface area contributed by atoms with Crippen LogP contribution in [0.3, 0.4) is 0 Å². The molecular weight excluding hydrogens is 309 g/mol. The molecular formula is C9H13N2Na2O6P. The molecule has 0 unspecified atom stereocenters. The van der Waals surface area contributed by atoms with E-state index in [9.17, 15) is 18.7 Å². The first-order chi connectivity index (χ1) is 8.41. The van der Waals surface area contributed by atoms with Crippen LogP contribution < -0.4 is 0 Å². The Labute approximate surface area is 160 Å². The Morgan fingerprint density at radius 1 is 1.25 bits per heavy atom. The molecule has 1 aliphatic rings. The molecule has 0 aromatic rings. The summed E-state index contributed by atoms with van der Waals surface area (Å²) in [5, 5.41) is 17.5. The van der Waals surface area contributed by atoms with Crippen LogP contribution in [0.4, 0.5) is 0 Å². The van der Waals surface area contributed by atoms with Gasteiger partial charge in [0.2, 0.25) is 0 Å². The molecule has 0 atom stereocenters. The third-order valence-corrected chi connectivity index (χ3v) is 3.13. The van der Waals surface area contributed by atoms with Gasteiger partial charge >= 0.3 is 19.6 Å². The number of rotatable bonds is 7. The number of nitrogens with zero attached hydrogens (tertiary/aromatic N) is 2. The van der Waals surface area contributed by atoms with Gasteiger partial charge in [0.05, 0.1) is 12.7 Å². The van der Waals surface area contributed by atoms with Gasteiger partial charge < -0.3 is 15.1 Å². The van der Waals surface area contributed by atoms with Crippen LogP contribution in [0.15, 0.2) is 4.99 Å². The van der Waals surface area contributed by atoms with Crippen molar-refractivity contribution in [1.29, 1.82) is 0 Å². The van der Waals surface area contributed by atoms with Crippen LogP contribution in [0.25, 0.3) is 0 Å². The molecule has 0 saturated heterocycles. The van der Waals surface area contributed by atoms with E-state index in [1.807, 2.05) is 0 Å². The average Bonchev–Trinajstić information content (AvgIpc) is 2.69. The molecule has 1 heterocycles. The van der Waals surface area contributed by atoms with Crippen molar-refractivity contribution >= 4 is 84.6 Å². The van der Waals surface area contributed by atoms with Crippen molar-refractivity contribution in [2.75, 3.05) is 25.8 Å². The second-order valence-corrected chi connectivity index (χ2v) is 4.89. The van der Waals surface area contributed by atoms with E-state index in [0.717, 1.165) is 0 Å². The predicted molar refractivity (Wildman–Crippen MR) is 71.9 cm³/mol. The third kappa shape index (κ3) is 7.36. The van der Waals surface area contributed by atoms with Crippen LogP contribution in [0.2, 0.25) is 0 Å². The number of hydrogen-bond acceptors (Lipinski definition) is 6. The number of aliphatic imine (C=N–C) groups is 1. The fraction of sp³-hybridized carbons (Fsp3) is 0.667. The zero-order chi connectivity index (χ0) is 13.7. The summed E-state index contributed by atoms with van der Waals surface area (Å²) in [7, 11) is -2.51. The summed E-state index contributed by atoms with van der Waals surface area (Å²) in [5.74, 6) is -4.05. The number of amidine groups is 1. The molecule has 102 valence electrons. The van der Waals surface area contributed by atoms with E-state index in [0.29, 0.717) is 18.9 Å². The van der Waals surface area contributed by atoms with Gasteiger partial charge in [-0.25, -0.2) is 9.13 Å². The third-order valence-electron chi connectivity index (χ3n) is 2.56. The van der Waals surface area contributed by atoms with Gasteiger partial charge in [0.1, 0.15) is 5.84 Å². The number of carboxylic acids is 2. The molecule has 2 radical (unpaired) electrons. The molecule has 0 bridgehead atoms. The molecule has 0 spiro atoms. The van der Waals surface area contributed by atoms with Crippen molar-refractivity contribution in [2.24, 2.45) is 10.9 Å². The van der Waals surface area contributed by atoms with Gasteiger partial charge in [-0.3, -0.25) is 14.6 Å². The number of carbonyl (C=O) groups is 2. The summed E-state index contributed by atoms with van der Waals surface area (Å²) in [6, 6.07) is 0. The summed E-state index contributed by atoms with van der Waals surface area (Å²) >= 11 is 0. The molecule has 0 fully saturated rings. The summed E-state index contributed by atoms with van der Waals surface area (Å²) in [6.07, 6.45) is -0.278. The van der Waals surface area contributed by atoms with Crippen LogP contribution >= 0.6 is 7.68 Å². The maximum atomic E-state index is 10.8. The van der Waals surface area contributed by atoms with Crippen LogP contribution in [-0.4, -0.2) is 118 Å². The number of hydrogen-bond donors (Lipinski definition) is 2. The first-order valence-electron chi connectivity index (χ1n) is 5.27. The van der Waals surface area contributed by atoms with Crippen molar-refractivity contribution in [3.05, 3.63) is 0 Å². The van der Waals surface area contributed by atoms with Crippen LogP contribution in [-0.2, 0) is 18.7 Å². The zero-order valence-corrected chi connectivity index (χ0v) is 16.4. The van der Waals surface area contributed by atoms with E-state index in [1.165, 1.54) is 0 Å². The molecule has 0 aromatic carbocycles.